The standard InChI is InChI=1S/C15H25N3OS/c1-12(14-6-4-8-20-14)17-15(19)11-18(2)10-13-5-3-7-16-9-13/h4,6,8,12-13,16H,3,5,7,9-11H2,1-2H3,(H,17,19). The molecule has 1 aromatic heterocycles. The summed E-state index contributed by atoms with van der Waals surface area (Å²) in [6, 6.07) is 4.19. The third-order valence-corrected chi connectivity index (χ3v) is 4.78. The largest absolute Gasteiger partial charge is 0.348 e. The topological polar surface area (TPSA) is 44.4 Å². The minimum atomic E-state index is 0.104. The van der Waals surface area contributed by atoms with Gasteiger partial charge in [-0.05, 0) is 57.3 Å². The molecule has 1 aliphatic heterocycles. The molecule has 1 fully saturated rings. The molecule has 1 saturated heterocycles. The fraction of sp³-hybridized carbons (Fsp3) is 0.667. The second kappa shape index (κ2) is 7.76. The molecule has 1 aromatic rings. The summed E-state index contributed by atoms with van der Waals surface area (Å²) < 4.78 is 0. The van der Waals surface area contributed by atoms with Gasteiger partial charge in [-0.3, -0.25) is 9.69 Å². The van der Waals surface area contributed by atoms with Crippen LogP contribution in [0.4, 0.5) is 0 Å². The molecular weight excluding hydrogens is 270 g/mol. The summed E-state index contributed by atoms with van der Waals surface area (Å²) >= 11 is 1.68. The quantitative estimate of drug-likeness (QED) is 0.842. The number of thiophene rings is 1. The van der Waals surface area contributed by atoms with Crippen LogP contribution in [0, 0.1) is 5.92 Å². The van der Waals surface area contributed by atoms with Gasteiger partial charge in [0.25, 0.3) is 0 Å². The summed E-state index contributed by atoms with van der Waals surface area (Å²) in [5.74, 6) is 0.786. The molecule has 2 heterocycles. The third kappa shape index (κ3) is 4.89. The fourth-order valence-corrected chi connectivity index (χ4v) is 3.46. The van der Waals surface area contributed by atoms with Crippen LogP contribution in [-0.4, -0.2) is 44.0 Å². The van der Waals surface area contributed by atoms with E-state index in [4.69, 9.17) is 0 Å². The van der Waals surface area contributed by atoms with Crippen LogP contribution in [0.1, 0.15) is 30.7 Å². The first-order valence-corrected chi connectivity index (χ1v) is 8.25. The molecule has 5 heteroatoms. The number of hydrogen-bond acceptors (Lipinski definition) is 4. The number of likely N-dealkylation sites (N-methyl/N-ethyl adjacent to an activating group) is 1. The molecule has 0 spiro atoms. The zero-order chi connectivity index (χ0) is 14.4. The highest BCUT2D eigenvalue weighted by molar-refractivity contribution is 7.10. The lowest BCUT2D eigenvalue weighted by molar-refractivity contribution is -0.122. The van der Waals surface area contributed by atoms with E-state index >= 15 is 0 Å². The summed E-state index contributed by atoms with van der Waals surface area (Å²) in [6.45, 7) is 5.73. The molecule has 2 N–H and O–H groups in total. The van der Waals surface area contributed by atoms with Crippen LogP contribution < -0.4 is 10.6 Å². The molecule has 4 nitrogen and oxygen atoms in total. The normalized spacial score (nSPS) is 20.9. The van der Waals surface area contributed by atoms with Gasteiger partial charge in [0.05, 0.1) is 12.6 Å². The van der Waals surface area contributed by atoms with E-state index in [-0.39, 0.29) is 11.9 Å². The van der Waals surface area contributed by atoms with Gasteiger partial charge in [-0.15, -0.1) is 11.3 Å². The Bertz CT molecular complexity index is 401. The van der Waals surface area contributed by atoms with Crippen molar-refractivity contribution in [2.45, 2.75) is 25.8 Å². The molecule has 0 aliphatic carbocycles. The Morgan fingerprint density at radius 3 is 3.15 bits per heavy atom. The minimum Gasteiger partial charge on any atom is -0.348 e. The maximum absolute atomic E-state index is 12.0. The van der Waals surface area contributed by atoms with Crippen molar-refractivity contribution in [1.82, 2.24) is 15.5 Å². The number of carbonyl (C=O) groups excluding carboxylic acids is 1. The summed E-state index contributed by atoms with van der Waals surface area (Å²) in [5.41, 5.74) is 0. The zero-order valence-electron chi connectivity index (χ0n) is 12.4. The average molecular weight is 295 g/mol. The van der Waals surface area contributed by atoms with Gasteiger partial charge in [0.15, 0.2) is 0 Å². The number of carbonyl (C=O) groups is 1. The Morgan fingerprint density at radius 1 is 1.65 bits per heavy atom. The number of amides is 1. The van der Waals surface area contributed by atoms with Crippen LogP contribution in [0.5, 0.6) is 0 Å². The lowest BCUT2D eigenvalue weighted by Crippen LogP contribution is -2.41. The molecule has 0 bridgehead atoms. The Kier molecular flexibility index (Phi) is 6.01. The number of nitrogens with one attached hydrogen (secondary N) is 2. The van der Waals surface area contributed by atoms with Crippen LogP contribution in [0.15, 0.2) is 17.5 Å². The molecular formula is C15H25N3OS. The van der Waals surface area contributed by atoms with Gasteiger partial charge in [0.1, 0.15) is 0 Å². The predicted octanol–water partition coefficient (Wildman–Crippen LogP) is 1.86. The van der Waals surface area contributed by atoms with E-state index in [9.17, 15) is 4.79 Å². The number of hydrogen-bond donors (Lipinski definition) is 2. The molecule has 1 aliphatic rings. The van der Waals surface area contributed by atoms with Crippen LogP contribution in [0.2, 0.25) is 0 Å². The first-order valence-electron chi connectivity index (χ1n) is 7.37. The smallest absolute Gasteiger partial charge is 0.234 e. The van der Waals surface area contributed by atoms with Gasteiger partial charge in [-0.25, -0.2) is 0 Å². The first-order chi connectivity index (χ1) is 9.65. The minimum absolute atomic E-state index is 0.104. The van der Waals surface area contributed by atoms with Crippen molar-refractivity contribution in [3.8, 4) is 0 Å². The molecule has 0 aromatic carbocycles. The number of piperidine rings is 1. The highest BCUT2D eigenvalue weighted by Gasteiger charge is 2.17. The van der Waals surface area contributed by atoms with Crippen LogP contribution in [0.25, 0.3) is 0 Å². The van der Waals surface area contributed by atoms with Crippen LogP contribution in [-0.2, 0) is 4.79 Å². The van der Waals surface area contributed by atoms with E-state index in [0.717, 1.165) is 19.6 Å². The van der Waals surface area contributed by atoms with E-state index in [1.165, 1.54) is 17.7 Å². The number of nitrogens with zero attached hydrogens (tertiary/aromatic N) is 1. The second-order valence-corrected chi connectivity index (χ2v) is 6.69. The van der Waals surface area contributed by atoms with Crippen molar-refractivity contribution in [2.75, 3.05) is 33.2 Å². The Hall–Kier alpha value is -0.910. The fourth-order valence-electron chi connectivity index (χ4n) is 2.73. The Morgan fingerprint density at radius 2 is 2.50 bits per heavy atom. The van der Waals surface area contributed by atoms with Gasteiger partial charge >= 0.3 is 0 Å². The van der Waals surface area contributed by atoms with Gasteiger partial charge in [-0.2, -0.15) is 0 Å². The summed E-state index contributed by atoms with van der Waals surface area (Å²) in [7, 11) is 2.03. The summed E-state index contributed by atoms with van der Waals surface area (Å²) in [6.07, 6.45) is 2.52. The lowest BCUT2D eigenvalue weighted by Gasteiger charge is -2.27. The molecule has 0 radical (unpaired) electrons. The maximum Gasteiger partial charge on any atom is 0.234 e. The third-order valence-electron chi connectivity index (χ3n) is 3.73. The highest BCUT2D eigenvalue weighted by atomic mass is 32.1. The molecule has 2 rings (SSSR count). The monoisotopic (exact) mass is 295 g/mol. The van der Waals surface area contributed by atoms with E-state index in [0.29, 0.717) is 12.5 Å². The predicted molar refractivity (Wildman–Crippen MR) is 84.0 cm³/mol. The van der Waals surface area contributed by atoms with E-state index in [1.54, 1.807) is 11.3 Å². The van der Waals surface area contributed by atoms with Crippen molar-refractivity contribution in [3.63, 3.8) is 0 Å². The van der Waals surface area contributed by atoms with Crippen molar-refractivity contribution >= 4 is 17.2 Å². The summed E-state index contributed by atoms with van der Waals surface area (Å²) in [4.78, 5) is 15.4. The summed E-state index contributed by atoms with van der Waals surface area (Å²) in [5, 5.41) is 8.52. The van der Waals surface area contributed by atoms with Gasteiger partial charge in [0.2, 0.25) is 5.91 Å². The van der Waals surface area contributed by atoms with Gasteiger partial charge in [0, 0.05) is 11.4 Å². The van der Waals surface area contributed by atoms with Gasteiger partial charge in [-0.1, -0.05) is 6.07 Å². The molecule has 1 amide bonds. The Labute approximate surface area is 125 Å². The van der Waals surface area contributed by atoms with E-state index in [1.807, 2.05) is 25.4 Å². The van der Waals surface area contributed by atoms with Crippen LogP contribution in [0.3, 0.4) is 0 Å². The van der Waals surface area contributed by atoms with E-state index < -0.39 is 0 Å². The van der Waals surface area contributed by atoms with Crippen LogP contribution >= 0.6 is 11.3 Å². The molecule has 2 atom stereocenters. The second-order valence-electron chi connectivity index (χ2n) is 5.71. The maximum atomic E-state index is 12.0. The lowest BCUT2D eigenvalue weighted by atomic mass is 9.99. The van der Waals surface area contributed by atoms with Crippen molar-refractivity contribution < 1.29 is 4.79 Å². The van der Waals surface area contributed by atoms with Crippen molar-refractivity contribution in [1.29, 1.82) is 0 Å². The molecule has 0 saturated carbocycles. The molecule has 2 unspecified atom stereocenters. The Balaban J connectivity index is 1.70. The van der Waals surface area contributed by atoms with Gasteiger partial charge < -0.3 is 10.6 Å². The molecule has 112 valence electrons. The van der Waals surface area contributed by atoms with E-state index in [2.05, 4.69) is 21.6 Å². The average Bonchev–Trinajstić information content (AvgIpc) is 2.93. The molecule has 20 heavy (non-hydrogen) atoms. The highest BCUT2D eigenvalue weighted by Crippen LogP contribution is 2.18. The SMILES string of the molecule is CC(NC(=O)CN(C)CC1CCCNC1)c1cccs1. The zero-order valence-corrected chi connectivity index (χ0v) is 13.2. The van der Waals surface area contributed by atoms with Crippen molar-refractivity contribution in [2.24, 2.45) is 5.92 Å². The number of rotatable bonds is 6. The van der Waals surface area contributed by atoms with Crippen molar-refractivity contribution in [3.05, 3.63) is 22.4 Å². The first kappa shape index (κ1) is 15.5.